The van der Waals surface area contributed by atoms with Gasteiger partial charge in [0.1, 0.15) is 0 Å². The molecular formula is C19H16N2O5. The fourth-order valence-electron chi connectivity index (χ4n) is 2.55. The molecule has 0 saturated carbocycles. The minimum absolute atomic E-state index is 0.0128. The number of hydrogen-bond donors (Lipinski definition) is 2. The van der Waals surface area contributed by atoms with Crippen LogP contribution in [0.5, 0.6) is 0 Å². The van der Waals surface area contributed by atoms with E-state index in [9.17, 15) is 24.0 Å². The normalized spacial score (nSPS) is 10.2. The lowest BCUT2D eigenvalue weighted by Gasteiger charge is -2.09. The molecule has 0 heterocycles. The molecule has 2 rings (SSSR count). The Kier molecular flexibility index (Phi) is 5.11. The van der Waals surface area contributed by atoms with E-state index in [4.69, 9.17) is 11.5 Å². The Labute approximate surface area is 149 Å². The summed E-state index contributed by atoms with van der Waals surface area (Å²) in [5.41, 5.74) is 10.8. The van der Waals surface area contributed by atoms with Gasteiger partial charge in [0, 0.05) is 27.8 Å². The van der Waals surface area contributed by atoms with E-state index in [-0.39, 0.29) is 39.2 Å². The zero-order valence-corrected chi connectivity index (χ0v) is 14.2. The lowest BCUT2D eigenvalue weighted by atomic mass is 9.93. The third kappa shape index (κ3) is 3.56. The van der Waals surface area contributed by atoms with Crippen LogP contribution in [0.25, 0.3) is 0 Å². The van der Waals surface area contributed by atoms with Crippen LogP contribution in [-0.4, -0.2) is 29.2 Å². The van der Waals surface area contributed by atoms with Gasteiger partial charge < -0.3 is 11.5 Å². The second kappa shape index (κ2) is 7.10. The zero-order chi connectivity index (χ0) is 19.6. The second-order valence-electron chi connectivity index (χ2n) is 5.69. The first kappa shape index (κ1) is 18.7. The van der Waals surface area contributed by atoms with Crippen molar-refractivity contribution >= 4 is 29.2 Å². The van der Waals surface area contributed by atoms with Crippen molar-refractivity contribution < 1.29 is 24.0 Å². The Morgan fingerprint density at radius 3 is 1.46 bits per heavy atom. The largest absolute Gasteiger partial charge is 0.366 e. The molecule has 2 aromatic rings. The Morgan fingerprint density at radius 2 is 1.04 bits per heavy atom. The van der Waals surface area contributed by atoms with E-state index in [0.29, 0.717) is 0 Å². The van der Waals surface area contributed by atoms with Crippen molar-refractivity contribution in [2.24, 2.45) is 11.5 Å². The van der Waals surface area contributed by atoms with Gasteiger partial charge >= 0.3 is 0 Å². The summed E-state index contributed by atoms with van der Waals surface area (Å²) in [7, 11) is 0. The molecule has 0 radical (unpaired) electrons. The van der Waals surface area contributed by atoms with Crippen LogP contribution in [0.3, 0.4) is 0 Å². The molecule has 4 N–H and O–H groups in total. The van der Waals surface area contributed by atoms with E-state index in [1.807, 2.05) is 0 Å². The fourth-order valence-corrected chi connectivity index (χ4v) is 2.55. The lowest BCUT2D eigenvalue weighted by molar-refractivity contribution is 0.0971. The van der Waals surface area contributed by atoms with Crippen molar-refractivity contribution in [2.75, 3.05) is 0 Å². The number of ketones is 3. The van der Waals surface area contributed by atoms with Crippen molar-refractivity contribution in [1.82, 2.24) is 0 Å². The molecule has 0 spiro atoms. The van der Waals surface area contributed by atoms with E-state index < -0.39 is 23.4 Å². The molecule has 2 amide bonds. The van der Waals surface area contributed by atoms with Crippen molar-refractivity contribution in [3.8, 4) is 0 Å². The van der Waals surface area contributed by atoms with Crippen LogP contribution in [0.4, 0.5) is 0 Å². The minimum Gasteiger partial charge on any atom is -0.366 e. The lowest BCUT2D eigenvalue weighted by Crippen LogP contribution is -2.18. The van der Waals surface area contributed by atoms with Crippen LogP contribution in [0.2, 0.25) is 0 Å². The van der Waals surface area contributed by atoms with Gasteiger partial charge in [-0.15, -0.1) is 0 Å². The number of amides is 2. The number of primary amides is 2. The Bertz CT molecular complexity index is 898. The summed E-state index contributed by atoms with van der Waals surface area (Å²) in [6.45, 7) is 2.54. The van der Waals surface area contributed by atoms with Crippen molar-refractivity contribution in [1.29, 1.82) is 0 Å². The van der Waals surface area contributed by atoms with Crippen LogP contribution in [-0.2, 0) is 0 Å². The highest BCUT2D eigenvalue weighted by Crippen LogP contribution is 2.19. The van der Waals surface area contributed by atoms with Crippen molar-refractivity contribution in [3.05, 3.63) is 69.8 Å². The van der Waals surface area contributed by atoms with Crippen LogP contribution in [0.1, 0.15) is 71.2 Å². The highest BCUT2D eigenvalue weighted by molar-refractivity contribution is 6.14. The van der Waals surface area contributed by atoms with Crippen LogP contribution in [0.15, 0.2) is 36.4 Å². The van der Waals surface area contributed by atoms with Crippen molar-refractivity contribution in [3.63, 3.8) is 0 Å². The molecule has 2 aromatic carbocycles. The zero-order valence-electron chi connectivity index (χ0n) is 14.2. The van der Waals surface area contributed by atoms with Crippen LogP contribution < -0.4 is 11.5 Å². The number of rotatable bonds is 6. The summed E-state index contributed by atoms with van der Waals surface area (Å²) >= 11 is 0. The fraction of sp³-hybridized carbons (Fsp3) is 0.105. The third-order valence-corrected chi connectivity index (χ3v) is 3.85. The maximum absolute atomic E-state index is 12.7. The Morgan fingerprint density at radius 1 is 0.615 bits per heavy atom. The van der Waals surface area contributed by atoms with E-state index in [1.54, 1.807) is 0 Å². The monoisotopic (exact) mass is 352 g/mol. The first-order valence-electron chi connectivity index (χ1n) is 7.57. The first-order chi connectivity index (χ1) is 12.1. The summed E-state index contributed by atoms with van der Waals surface area (Å²) in [5.74, 6) is -2.89. The maximum atomic E-state index is 12.7. The van der Waals surface area contributed by atoms with Gasteiger partial charge in [-0.3, -0.25) is 24.0 Å². The summed E-state index contributed by atoms with van der Waals surface area (Å²) < 4.78 is 0. The molecule has 0 aromatic heterocycles. The van der Waals surface area contributed by atoms with E-state index >= 15 is 0 Å². The molecule has 7 heteroatoms. The second-order valence-corrected chi connectivity index (χ2v) is 5.69. The van der Waals surface area contributed by atoms with Crippen molar-refractivity contribution in [2.45, 2.75) is 13.8 Å². The van der Waals surface area contributed by atoms with E-state index in [1.165, 1.54) is 50.2 Å². The van der Waals surface area contributed by atoms with Gasteiger partial charge in [0.2, 0.25) is 11.8 Å². The standard InChI is InChI=1S/C19H16N2O5/c1-9(22)13-5-3-12(8-16(13)19(21)26)17(24)11-4-6-14(18(20)25)15(7-11)10(2)23/h3-8H,1-2H3,(H2,20,25)(H2,21,26). The smallest absolute Gasteiger partial charge is 0.249 e. The highest BCUT2D eigenvalue weighted by atomic mass is 16.2. The van der Waals surface area contributed by atoms with Gasteiger partial charge in [0.15, 0.2) is 17.3 Å². The Balaban J connectivity index is 2.56. The maximum Gasteiger partial charge on any atom is 0.249 e. The molecule has 0 aliphatic carbocycles. The first-order valence-corrected chi connectivity index (χ1v) is 7.57. The average molecular weight is 352 g/mol. The predicted octanol–water partition coefficient (Wildman–Crippen LogP) is 1.52. The highest BCUT2D eigenvalue weighted by Gasteiger charge is 2.19. The molecule has 0 aliphatic heterocycles. The van der Waals surface area contributed by atoms with Crippen LogP contribution >= 0.6 is 0 Å². The van der Waals surface area contributed by atoms with E-state index in [2.05, 4.69) is 0 Å². The average Bonchev–Trinajstić information content (AvgIpc) is 2.59. The van der Waals surface area contributed by atoms with Gasteiger partial charge in [-0.25, -0.2) is 0 Å². The quantitative estimate of drug-likeness (QED) is 0.759. The Hall–Kier alpha value is -3.61. The molecule has 0 fully saturated rings. The molecule has 26 heavy (non-hydrogen) atoms. The number of Topliss-reactive ketones (excluding diaryl/α,β-unsaturated/α-hetero) is 2. The summed E-state index contributed by atoms with van der Waals surface area (Å²) in [4.78, 5) is 59.0. The summed E-state index contributed by atoms with van der Waals surface area (Å²) in [6, 6.07) is 7.90. The van der Waals surface area contributed by atoms with Crippen LogP contribution in [0, 0.1) is 0 Å². The molecule has 0 aliphatic rings. The van der Waals surface area contributed by atoms with Gasteiger partial charge in [-0.2, -0.15) is 0 Å². The molecule has 0 bridgehead atoms. The minimum atomic E-state index is -0.835. The van der Waals surface area contributed by atoms with Gasteiger partial charge in [0.25, 0.3) is 0 Å². The molecule has 0 saturated heterocycles. The molecule has 0 atom stereocenters. The molecule has 7 nitrogen and oxygen atoms in total. The number of hydrogen-bond acceptors (Lipinski definition) is 5. The van der Waals surface area contributed by atoms with Gasteiger partial charge in [-0.1, -0.05) is 12.1 Å². The summed E-state index contributed by atoms with van der Waals surface area (Å²) in [5, 5.41) is 0. The molecule has 132 valence electrons. The number of carbonyl (C=O) groups is 5. The third-order valence-electron chi connectivity index (χ3n) is 3.85. The van der Waals surface area contributed by atoms with E-state index in [0.717, 1.165) is 0 Å². The SMILES string of the molecule is CC(=O)c1cc(C(=O)c2ccc(C(C)=O)c(C(N)=O)c2)ccc1C(N)=O. The van der Waals surface area contributed by atoms with Gasteiger partial charge in [-0.05, 0) is 38.1 Å². The number of benzene rings is 2. The topological polar surface area (TPSA) is 137 Å². The van der Waals surface area contributed by atoms with Gasteiger partial charge in [0.05, 0.1) is 5.56 Å². The number of nitrogens with two attached hydrogens (primary N) is 2. The molecular weight excluding hydrogens is 336 g/mol. The predicted molar refractivity (Wildman–Crippen MR) is 93.4 cm³/mol. The molecule has 0 unspecified atom stereocenters. The number of carbonyl (C=O) groups excluding carboxylic acids is 5. The summed E-state index contributed by atoms with van der Waals surface area (Å²) in [6.07, 6.45) is 0.